The Labute approximate surface area is 129 Å². The largest absolute Gasteiger partial charge is 0.487 e. The summed E-state index contributed by atoms with van der Waals surface area (Å²) in [7, 11) is 0. The first kappa shape index (κ1) is 15.5. The van der Waals surface area contributed by atoms with Crippen LogP contribution in [0.1, 0.15) is 40.8 Å². The standard InChI is InChI=1S/C16H20N2O2S/c1-3-4-8-17-16(19)13-6-5-7-15(9-13)20-10-14-11-21-12(2)18-14/h5-7,9,11H,3-4,8,10H2,1-2H3,(H,17,19). The van der Waals surface area contributed by atoms with Crippen LogP contribution in [0.5, 0.6) is 5.75 Å². The van der Waals surface area contributed by atoms with E-state index >= 15 is 0 Å². The highest BCUT2D eigenvalue weighted by Gasteiger charge is 2.06. The number of hydrogen-bond donors (Lipinski definition) is 1. The van der Waals surface area contributed by atoms with Gasteiger partial charge in [-0.15, -0.1) is 11.3 Å². The molecule has 4 nitrogen and oxygen atoms in total. The molecule has 0 radical (unpaired) electrons. The first-order chi connectivity index (χ1) is 10.2. The molecule has 0 bridgehead atoms. The van der Waals surface area contributed by atoms with E-state index in [0.29, 0.717) is 24.5 Å². The second-order valence-corrected chi connectivity index (χ2v) is 5.85. The predicted molar refractivity (Wildman–Crippen MR) is 84.9 cm³/mol. The van der Waals surface area contributed by atoms with Gasteiger partial charge in [0.15, 0.2) is 0 Å². The minimum absolute atomic E-state index is 0.0570. The van der Waals surface area contributed by atoms with Crippen LogP contribution in [0.25, 0.3) is 0 Å². The van der Waals surface area contributed by atoms with Gasteiger partial charge < -0.3 is 10.1 Å². The van der Waals surface area contributed by atoms with E-state index < -0.39 is 0 Å². The Kier molecular flexibility index (Phi) is 5.75. The number of carbonyl (C=O) groups is 1. The lowest BCUT2D eigenvalue weighted by Gasteiger charge is -2.07. The molecule has 0 spiro atoms. The Balaban J connectivity index is 1.92. The van der Waals surface area contributed by atoms with E-state index in [9.17, 15) is 4.79 Å². The molecule has 0 aliphatic carbocycles. The predicted octanol–water partition coefficient (Wildman–Crippen LogP) is 3.56. The van der Waals surface area contributed by atoms with E-state index in [2.05, 4.69) is 17.2 Å². The van der Waals surface area contributed by atoms with Gasteiger partial charge in [-0.1, -0.05) is 19.4 Å². The Bertz CT molecular complexity index is 595. The summed E-state index contributed by atoms with van der Waals surface area (Å²) in [6.45, 7) is 5.19. The van der Waals surface area contributed by atoms with Crippen molar-refractivity contribution in [2.45, 2.75) is 33.3 Å². The number of nitrogens with zero attached hydrogens (tertiary/aromatic N) is 1. The van der Waals surface area contributed by atoms with Crippen LogP contribution in [-0.4, -0.2) is 17.4 Å². The molecular weight excluding hydrogens is 284 g/mol. The molecule has 1 aromatic heterocycles. The van der Waals surface area contributed by atoms with E-state index in [1.807, 2.05) is 24.4 Å². The zero-order valence-corrected chi connectivity index (χ0v) is 13.2. The number of thiazole rings is 1. The maximum atomic E-state index is 12.0. The minimum atomic E-state index is -0.0570. The van der Waals surface area contributed by atoms with Crippen molar-refractivity contribution in [1.82, 2.24) is 10.3 Å². The van der Waals surface area contributed by atoms with Gasteiger partial charge in [0, 0.05) is 17.5 Å². The number of benzene rings is 1. The van der Waals surface area contributed by atoms with Crippen LogP contribution in [0, 0.1) is 6.92 Å². The van der Waals surface area contributed by atoms with Crippen LogP contribution in [0.4, 0.5) is 0 Å². The number of hydrogen-bond acceptors (Lipinski definition) is 4. The maximum absolute atomic E-state index is 12.0. The number of aryl methyl sites for hydroxylation is 1. The first-order valence-corrected chi connectivity index (χ1v) is 7.99. The van der Waals surface area contributed by atoms with Crippen molar-refractivity contribution in [3.05, 3.63) is 45.9 Å². The zero-order valence-electron chi connectivity index (χ0n) is 12.4. The molecule has 0 saturated heterocycles. The molecule has 0 atom stereocenters. The summed E-state index contributed by atoms with van der Waals surface area (Å²) in [5.41, 5.74) is 1.54. The summed E-state index contributed by atoms with van der Waals surface area (Å²) < 4.78 is 5.69. The molecule has 0 fully saturated rings. The Hall–Kier alpha value is -1.88. The van der Waals surface area contributed by atoms with Crippen molar-refractivity contribution < 1.29 is 9.53 Å². The Morgan fingerprint density at radius 3 is 3.00 bits per heavy atom. The fourth-order valence-electron chi connectivity index (χ4n) is 1.84. The molecule has 1 amide bonds. The van der Waals surface area contributed by atoms with Gasteiger partial charge in [-0.3, -0.25) is 4.79 Å². The summed E-state index contributed by atoms with van der Waals surface area (Å²) in [5.74, 6) is 0.627. The van der Waals surface area contributed by atoms with E-state index in [1.165, 1.54) is 0 Å². The van der Waals surface area contributed by atoms with Crippen molar-refractivity contribution in [3.8, 4) is 5.75 Å². The molecule has 0 saturated carbocycles. The molecule has 1 N–H and O–H groups in total. The molecule has 1 heterocycles. The Morgan fingerprint density at radius 1 is 1.43 bits per heavy atom. The van der Waals surface area contributed by atoms with Gasteiger partial charge in [0.1, 0.15) is 12.4 Å². The highest BCUT2D eigenvalue weighted by Crippen LogP contribution is 2.16. The average molecular weight is 304 g/mol. The number of amides is 1. The number of unbranched alkanes of at least 4 members (excludes halogenated alkanes) is 1. The molecular formula is C16H20N2O2S. The molecule has 5 heteroatoms. The Morgan fingerprint density at radius 2 is 2.29 bits per heavy atom. The summed E-state index contributed by atoms with van der Waals surface area (Å²) in [6, 6.07) is 7.24. The highest BCUT2D eigenvalue weighted by molar-refractivity contribution is 7.09. The van der Waals surface area contributed by atoms with Gasteiger partial charge in [0.05, 0.1) is 10.7 Å². The van der Waals surface area contributed by atoms with Crippen LogP contribution >= 0.6 is 11.3 Å². The average Bonchev–Trinajstić information content (AvgIpc) is 2.91. The lowest BCUT2D eigenvalue weighted by molar-refractivity contribution is 0.0952. The van der Waals surface area contributed by atoms with Crippen molar-refractivity contribution in [2.75, 3.05) is 6.54 Å². The lowest BCUT2D eigenvalue weighted by Crippen LogP contribution is -2.24. The normalized spacial score (nSPS) is 10.4. The molecule has 0 aliphatic heterocycles. The number of nitrogens with one attached hydrogen (secondary N) is 1. The van der Waals surface area contributed by atoms with Crippen molar-refractivity contribution in [1.29, 1.82) is 0 Å². The van der Waals surface area contributed by atoms with Crippen LogP contribution < -0.4 is 10.1 Å². The van der Waals surface area contributed by atoms with Gasteiger partial charge in [0.25, 0.3) is 5.91 Å². The van der Waals surface area contributed by atoms with E-state index in [4.69, 9.17) is 4.74 Å². The smallest absolute Gasteiger partial charge is 0.251 e. The fourth-order valence-corrected chi connectivity index (χ4v) is 2.44. The third-order valence-electron chi connectivity index (χ3n) is 2.97. The summed E-state index contributed by atoms with van der Waals surface area (Å²) in [5, 5.41) is 5.91. The lowest BCUT2D eigenvalue weighted by atomic mass is 10.2. The van der Waals surface area contributed by atoms with Gasteiger partial charge in [-0.2, -0.15) is 0 Å². The molecule has 0 unspecified atom stereocenters. The van der Waals surface area contributed by atoms with Crippen LogP contribution in [0.3, 0.4) is 0 Å². The van der Waals surface area contributed by atoms with E-state index in [0.717, 1.165) is 23.5 Å². The number of rotatable bonds is 7. The third kappa shape index (κ3) is 4.86. The van der Waals surface area contributed by atoms with E-state index in [1.54, 1.807) is 23.5 Å². The van der Waals surface area contributed by atoms with E-state index in [-0.39, 0.29) is 5.91 Å². The highest BCUT2D eigenvalue weighted by atomic mass is 32.1. The quantitative estimate of drug-likeness (QED) is 0.796. The van der Waals surface area contributed by atoms with Gasteiger partial charge in [-0.25, -0.2) is 4.98 Å². The molecule has 1 aromatic carbocycles. The number of ether oxygens (including phenoxy) is 1. The topological polar surface area (TPSA) is 51.2 Å². The SMILES string of the molecule is CCCCNC(=O)c1cccc(OCc2csc(C)n2)c1. The minimum Gasteiger partial charge on any atom is -0.487 e. The third-order valence-corrected chi connectivity index (χ3v) is 3.79. The first-order valence-electron chi connectivity index (χ1n) is 7.11. The van der Waals surface area contributed by atoms with Crippen LogP contribution in [0.2, 0.25) is 0 Å². The second-order valence-electron chi connectivity index (χ2n) is 4.78. The van der Waals surface area contributed by atoms with Crippen molar-refractivity contribution in [3.63, 3.8) is 0 Å². The van der Waals surface area contributed by atoms with Crippen LogP contribution in [0.15, 0.2) is 29.6 Å². The second kappa shape index (κ2) is 7.78. The molecule has 21 heavy (non-hydrogen) atoms. The van der Waals surface area contributed by atoms with Crippen molar-refractivity contribution >= 4 is 17.2 Å². The number of aromatic nitrogens is 1. The fraction of sp³-hybridized carbons (Fsp3) is 0.375. The maximum Gasteiger partial charge on any atom is 0.251 e. The van der Waals surface area contributed by atoms with Crippen LogP contribution in [-0.2, 0) is 6.61 Å². The molecule has 2 aromatic rings. The van der Waals surface area contributed by atoms with Gasteiger partial charge >= 0.3 is 0 Å². The van der Waals surface area contributed by atoms with Gasteiger partial charge in [0.2, 0.25) is 0 Å². The van der Waals surface area contributed by atoms with Gasteiger partial charge in [-0.05, 0) is 31.5 Å². The number of carbonyl (C=O) groups excluding carboxylic acids is 1. The summed E-state index contributed by atoms with van der Waals surface area (Å²) in [4.78, 5) is 16.3. The molecule has 0 aliphatic rings. The monoisotopic (exact) mass is 304 g/mol. The summed E-state index contributed by atoms with van der Waals surface area (Å²) in [6.07, 6.45) is 2.06. The summed E-state index contributed by atoms with van der Waals surface area (Å²) >= 11 is 1.60. The van der Waals surface area contributed by atoms with Crippen molar-refractivity contribution in [2.24, 2.45) is 0 Å². The molecule has 112 valence electrons. The molecule has 2 rings (SSSR count). The zero-order chi connectivity index (χ0) is 15.1.